The van der Waals surface area contributed by atoms with Gasteiger partial charge in [-0.2, -0.15) is 0 Å². The molecule has 0 bridgehead atoms. The smallest absolute Gasteiger partial charge is 0.549 e. The Morgan fingerprint density at radius 1 is 0.826 bits per heavy atom. The Morgan fingerprint density at radius 3 is 1.65 bits per heavy atom. The van der Waals surface area contributed by atoms with E-state index in [4.69, 9.17) is 0 Å². The summed E-state index contributed by atoms with van der Waals surface area (Å²) in [6.07, 6.45) is 12.2. The molecule has 5 nitrogen and oxygen atoms in total. The van der Waals surface area contributed by atoms with Crippen molar-refractivity contribution in [1.82, 2.24) is 5.32 Å². The fourth-order valence-corrected chi connectivity index (χ4v) is 2.35. The summed E-state index contributed by atoms with van der Waals surface area (Å²) in [6, 6.07) is -0.892. The molecule has 0 amide bonds. The van der Waals surface area contributed by atoms with Crippen LogP contribution in [0.2, 0.25) is 0 Å². The Kier molecular flexibility index (Phi) is 26.1. The average Bonchev–Trinajstić information content (AvgIpc) is 2.43. The van der Waals surface area contributed by atoms with Gasteiger partial charge in [-0.25, -0.2) is 0 Å². The molecule has 0 aliphatic carbocycles. The number of hydrogen-bond acceptors (Lipinski definition) is 5. The van der Waals surface area contributed by atoms with Crippen LogP contribution in [-0.4, -0.2) is 24.5 Å². The fraction of sp³-hybridized carbons (Fsp3) is 0.875. The zero-order valence-electron chi connectivity index (χ0n) is 15.2. The summed E-state index contributed by atoms with van der Waals surface area (Å²) in [5.41, 5.74) is 0. The molecule has 0 aliphatic rings. The molecule has 23 heavy (non-hydrogen) atoms. The summed E-state index contributed by atoms with van der Waals surface area (Å²) in [7, 11) is 0. The van der Waals surface area contributed by atoms with E-state index < -0.39 is 24.5 Å². The predicted octanol–water partition coefficient (Wildman–Crippen LogP) is -5.24. The van der Waals surface area contributed by atoms with Crippen molar-refractivity contribution in [2.45, 2.75) is 83.6 Å². The molecule has 1 atom stereocenters. The van der Waals surface area contributed by atoms with Crippen molar-refractivity contribution < 1.29 is 78.9 Å². The minimum atomic E-state index is -1.30. The van der Waals surface area contributed by atoms with Gasteiger partial charge in [-0.3, -0.25) is 0 Å². The second-order valence-corrected chi connectivity index (χ2v) is 5.60. The van der Waals surface area contributed by atoms with E-state index in [1.807, 2.05) is 0 Å². The molecule has 0 heterocycles. The Bertz CT molecular complexity index is 291. The molecule has 0 saturated carbocycles. The van der Waals surface area contributed by atoms with Crippen LogP contribution in [0, 0.1) is 0 Å². The molecule has 0 aromatic carbocycles. The van der Waals surface area contributed by atoms with E-state index in [2.05, 4.69) is 12.2 Å². The molecule has 7 heteroatoms. The number of carboxylic acids is 2. The first-order chi connectivity index (χ1) is 10.1. The minimum absolute atomic E-state index is 0. The van der Waals surface area contributed by atoms with Crippen LogP contribution >= 0.6 is 0 Å². The van der Waals surface area contributed by atoms with Gasteiger partial charge in [0.2, 0.25) is 0 Å². The molecular formula is C16H29NNa2O4. The molecule has 124 valence electrons. The summed E-state index contributed by atoms with van der Waals surface area (Å²) >= 11 is 0. The standard InChI is InChI=1S/C16H31NO4.2Na/c1-2-3-4-5-6-7-8-9-10-11-12-14(16(20)21)17-13-15(18)19;;/h14,17H,2-13H2,1H3,(H,18,19)(H,20,21);;/q;2*+1/p-2. The Hall–Kier alpha value is 0.900. The van der Waals surface area contributed by atoms with Crippen LogP contribution < -0.4 is 74.6 Å². The number of carbonyl (C=O) groups is 2. The van der Waals surface area contributed by atoms with Crippen molar-refractivity contribution in [3.63, 3.8) is 0 Å². The summed E-state index contributed by atoms with van der Waals surface area (Å²) < 4.78 is 0. The third-order valence-corrected chi connectivity index (χ3v) is 3.62. The van der Waals surface area contributed by atoms with E-state index >= 15 is 0 Å². The molecule has 0 rings (SSSR count). The Labute approximate surface area is 185 Å². The third-order valence-electron chi connectivity index (χ3n) is 3.62. The van der Waals surface area contributed by atoms with E-state index in [1.54, 1.807) is 0 Å². The van der Waals surface area contributed by atoms with Gasteiger partial charge in [0.25, 0.3) is 0 Å². The first-order valence-electron chi connectivity index (χ1n) is 8.22. The molecule has 0 saturated heterocycles. The van der Waals surface area contributed by atoms with E-state index in [0.717, 1.165) is 19.3 Å². The van der Waals surface area contributed by atoms with Crippen molar-refractivity contribution in [3.8, 4) is 0 Å². The van der Waals surface area contributed by atoms with Gasteiger partial charge in [-0.15, -0.1) is 0 Å². The van der Waals surface area contributed by atoms with Gasteiger partial charge < -0.3 is 25.1 Å². The van der Waals surface area contributed by atoms with Crippen LogP contribution in [0.5, 0.6) is 0 Å². The molecule has 0 aromatic rings. The zero-order valence-corrected chi connectivity index (χ0v) is 19.2. The number of unbranched alkanes of at least 4 members (excludes halogenated alkanes) is 9. The van der Waals surface area contributed by atoms with Gasteiger partial charge in [-0.05, 0) is 6.42 Å². The normalized spacial score (nSPS) is 11.2. The van der Waals surface area contributed by atoms with E-state index in [1.165, 1.54) is 44.9 Å². The van der Waals surface area contributed by atoms with Gasteiger partial charge in [-0.1, -0.05) is 71.1 Å². The second kappa shape index (κ2) is 20.9. The van der Waals surface area contributed by atoms with Crippen molar-refractivity contribution in [2.75, 3.05) is 6.54 Å². The van der Waals surface area contributed by atoms with Crippen LogP contribution in [0.1, 0.15) is 77.6 Å². The number of rotatable bonds is 15. The van der Waals surface area contributed by atoms with Crippen molar-refractivity contribution in [1.29, 1.82) is 0 Å². The molecule has 0 aromatic heterocycles. The maximum absolute atomic E-state index is 10.8. The largest absolute Gasteiger partial charge is 1.00 e. The topological polar surface area (TPSA) is 92.3 Å². The van der Waals surface area contributed by atoms with Crippen molar-refractivity contribution >= 4 is 11.9 Å². The minimum Gasteiger partial charge on any atom is -0.549 e. The predicted molar refractivity (Wildman–Crippen MR) is 78.3 cm³/mol. The van der Waals surface area contributed by atoms with Gasteiger partial charge >= 0.3 is 59.1 Å². The van der Waals surface area contributed by atoms with Crippen molar-refractivity contribution in [3.05, 3.63) is 0 Å². The van der Waals surface area contributed by atoms with E-state index in [9.17, 15) is 19.8 Å². The summed E-state index contributed by atoms with van der Waals surface area (Å²) in [4.78, 5) is 21.1. The van der Waals surface area contributed by atoms with Gasteiger partial charge in [0, 0.05) is 12.6 Å². The maximum Gasteiger partial charge on any atom is 1.00 e. The van der Waals surface area contributed by atoms with Crippen molar-refractivity contribution in [2.24, 2.45) is 0 Å². The molecule has 0 aliphatic heterocycles. The van der Waals surface area contributed by atoms with Crippen LogP contribution in [-0.2, 0) is 9.59 Å². The number of carbonyl (C=O) groups excluding carboxylic acids is 2. The molecule has 1 N–H and O–H groups in total. The van der Waals surface area contributed by atoms with Crippen LogP contribution in [0.15, 0.2) is 0 Å². The number of hydrogen-bond donors (Lipinski definition) is 1. The molecule has 0 fully saturated rings. The van der Waals surface area contributed by atoms with E-state index in [-0.39, 0.29) is 59.1 Å². The fourth-order valence-electron chi connectivity index (χ4n) is 2.35. The zero-order chi connectivity index (χ0) is 15.9. The van der Waals surface area contributed by atoms with E-state index in [0.29, 0.717) is 6.42 Å². The van der Waals surface area contributed by atoms with Gasteiger partial charge in [0.15, 0.2) is 0 Å². The van der Waals surface area contributed by atoms with Crippen LogP contribution in [0.25, 0.3) is 0 Å². The van der Waals surface area contributed by atoms with Crippen LogP contribution in [0.4, 0.5) is 0 Å². The Morgan fingerprint density at radius 2 is 1.26 bits per heavy atom. The SMILES string of the molecule is CCCCCCCCCCCCC(NCC(=O)[O-])C(=O)[O-].[Na+].[Na+]. The first kappa shape index (κ1) is 28.7. The summed E-state index contributed by atoms with van der Waals surface area (Å²) in [5, 5.41) is 23.5. The summed E-state index contributed by atoms with van der Waals surface area (Å²) in [5.74, 6) is -2.54. The van der Waals surface area contributed by atoms with Gasteiger partial charge in [0.05, 0.1) is 11.9 Å². The number of carboxylic acid groups (broad SMARTS) is 2. The average molecular weight is 345 g/mol. The first-order valence-corrected chi connectivity index (χ1v) is 8.22. The molecule has 0 spiro atoms. The number of aliphatic carboxylic acids is 2. The van der Waals surface area contributed by atoms with Crippen LogP contribution in [0.3, 0.4) is 0 Å². The second-order valence-electron chi connectivity index (χ2n) is 5.60. The summed E-state index contributed by atoms with van der Waals surface area (Å²) in [6.45, 7) is 1.76. The maximum atomic E-state index is 10.8. The molecule has 0 radical (unpaired) electrons. The molecular weight excluding hydrogens is 316 g/mol. The third kappa shape index (κ3) is 20.9. The quantitative estimate of drug-likeness (QED) is 0.237. The number of nitrogens with one attached hydrogen (secondary N) is 1. The Balaban J connectivity index is -0.00000200. The monoisotopic (exact) mass is 345 g/mol. The van der Waals surface area contributed by atoms with Gasteiger partial charge in [0.1, 0.15) is 0 Å². The molecule has 1 unspecified atom stereocenters.